The van der Waals surface area contributed by atoms with Crippen LogP contribution in [0.5, 0.6) is 0 Å². The fraction of sp³-hybridized carbons (Fsp3) is 0.931. The van der Waals surface area contributed by atoms with Gasteiger partial charge < -0.3 is 4.74 Å². The van der Waals surface area contributed by atoms with Crippen molar-refractivity contribution >= 4 is 23.5 Å². The number of Topliss-reactive ketones (excluding diaryl/α,β-unsaturated/α-hetero) is 1. The summed E-state index contributed by atoms with van der Waals surface area (Å²) in [5, 5.41) is 0.565. The van der Waals surface area contributed by atoms with Gasteiger partial charge in [-0.25, -0.2) is 0 Å². The number of ether oxygens (including phenoxy) is 1. The third kappa shape index (κ3) is 16.7. The minimum atomic E-state index is -0.0284. The molecule has 0 aromatic heterocycles. The lowest BCUT2D eigenvalue weighted by Crippen LogP contribution is -2.17. The fourth-order valence-electron chi connectivity index (χ4n) is 4.85. The van der Waals surface area contributed by atoms with Crippen LogP contribution in [-0.2, 0) is 14.3 Å². The number of rotatable bonds is 23. The first kappa shape index (κ1) is 30.5. The van der Waals surface area contributed by atoms with Crippen molar-refractivity contribution in [2.45, 2.75) is 154 Å². The van der Waals surface area contributed by atoms with Gasteiger partial charge in [-0.2, -0.15) is 11.8 Å². The lowest BCUT2D eigenvalue weighted by atomic mass is 9.98. The van der Waals surface area contributed by atoms with Crippen LogP contribution in [0.1, 0.15) is 149 Å². The van der Waals surface area contributed by atoms with Gasteiger partial charge in [-0.3, -0.25) is 9.59 Å². The topological polar surface area (TPSA) is 43.4 Å². The van der Waals surface area contributed by atoms with Crippen molar-refractivity contribution in [2.75, 3.05) is 12.4 Å². The van der Waals surface area contributed by atoms with E-state index in [1.807, 2.05) is 0 Å². The van der Waals surface area contributed by atoms with E-state index in [2.05, 4.69) is 25.6 Å². The molecule has 0 saturated heterocycles. The molecule has 1 rings (SSSR count). The van der Waals surface area contributed by atoms with Crippen molar-refractivity contribution in [3.05, 3.63) is 0 Å². The minimum absolute atomic E-state index is 0.0284. The van der Waals surface area contributed by atoms with Crippen molar-refractivity contribution in [3.63, 3.8) is 0 Å². The Morgan fingerprint density at radius 1 is 0.788 bits per heavy atom. The van der Waals surface area contributed by atoms with Crippen molar-refractivity contribution < 1.29 is 14.3 Å². The van der Waals surface area contributed by atoms with Gasteiger partial charge in [-0.15, -0.1) is 0 Å². The van der Waals surface area contributed by atoms with Crippen LogP contribution in [0.15, 0.2) is 0 Å². The summed E-state index contributed by atoms with van der Waals surface area (Å²) in [5.74, 6) is 1.99. The van der Waals surface area contributed by atoms with Crippen LogP contribution >= 0.6 is 11.8 Å². The Morgan fingerprint density at radius 3 is 2.06 bits per heavy atom. The predicted octanol–water partition coefficient (Wildman–Crippen LogP) is 9.06. The van der Waals surface area contributed by atoms with Gasteiger partial charge in [-0.1, -0.05) is 104 Å². The quantitative estimate of drug-likeness (QED) is 0.108. The zero-order chi connectivity index (χ0) is 24.0. The molecule has 0 heterocycles. The summed E-state index contributed by atoms with van der Waals surface area (Å²) in [7, 11) is 0. The summed E-state index contributed by atoms with van der Waals surface area (Å²) in [5.41, 5.74) is 0. The number of ketones is 1. The molecule has 0 N–H and O–H groups in total. The Morgan fingerprint density at radius 2 is 1.36 bits per heavy atom. The Labute approximate surface area is 210 Å². The van der Waals surface area contributed by atoms with Gasteiger partial charge in [0.15, 0.2) is 0 Å². The van der Waals surface area contributed by atoms with E-state index in [1.54, 1.807) is 0 Å². The van der Waals surface area contributed by atoms with Crippen LogP contribution in [0.2, 0.25) is 0 Å². The van der Waals surface area contributed by atoms with Crippen molar-refractivity contribution in [3.8, 4) is 0 Å². The molecule has 1 saturated carbocycles. The molecule has 0 bridgehead atoms. The number of thioether (sulfide) groups is 1. The Balaban J connectivity index is 1.95. The summed E-state index contributed by atoms with van der Waals surface area (Å²) in [4.78, 5) is 24.2. The summed E-state index contributed by atoms with van der Waals surface area (Å²) in [6.07, 6.45) is 24.5. The first-order chi connectivity index (χ1) is 16.2. The van der Waals surface area contributed by atoms with Crippen LogP contribution in [0.3, 0.4) is 0 Å². The van der Waals surface area contributed by atoms with E-state index in [1.165, 1.54) is 82.8 Å². The molecule has 0 radical (unpaired) electrons. The molecule has 4 heteroatoms. The third-order valence-electron chi connectivity index (χ3n) is 7.02. The molecule has 33 heavy (non-hydrogen) atoms. The van der Waals surface area contributed by atoms with Gasteiger partial charge in [-0.05, 0) is 37.9 Å². The van der Waals surface area contributed by atoms with E-state index >= 15 is 0 Å². The second-order valence-corrected chi connectivity index (χ2v) is 11.4. The molecule has 0 spiro atoms. The lowest BCUT2D eigenvalue weighted by molar-refractivity contribution is -0.143. The second-order valence-electron chi connectivity index (χ2n) is 10.1. The van der Waals surface area contributed by atoms with Crippen LogP contribution < -0.4 is 0 Å². The molecule has 3 nitrogen and oxygen atoms in total. The fourth-order valence-corrected chi connectivity index (χ4v) is 6.32. The first-order valence-electron chi connectivity index (χ1n) is 14.5. The highest BCUT2D eigenvalue weighted by Crippen LogP contribution is 2.36. The molecule has 0 aliphatic heterocycles. The van der Waals surface area contributed by atoms with Gasteiger partial charge in [0.2, 0.25) is 0 Å². The van der Waals surface area contributed by atoms with E-state index < -0.39 is 0 Å². The van der Waals surface area contributed by atoms with E-state index in [0.717, 1.165) is 51.4 Å². The first-order valence-corrected chi connectivity index (χ1v) is 15.5. The number of esters is 1. The number of hydrogen-bond acceptors (Lipinski definition) is 4. The SMILES string of the molecule is CCCCCCCCCCOC(=O)CCCCCCC1C(=O)CCC1SCCCCCCC. The van der Waals surface area contributed by atoms with Gasteiger partial charge in [0.1, 0.15) is 5.78 Å². The van der Waals surface area contributed by atoms with E-state index in [9.17, 15) is 9.59 Å². The smallest absolute Gasteiger partial charge is 0.305 e. The molecule has 0 aromatic rings. The monoisotopic (exact) mass is 482 g/mol. The van der Waals surface area contributed by atoms with Crippen LogP contribution in [-0.4, -0.2) is 29.4 Å². The predicted molar refractivity (Wildman–Crippen MR) is 144 cm³/mol. The Kier molecular flexibility index (Phi) is 20.3. The van der Waals surface area contributed by atoms with Crippen molar-refractivity contribution in [1.29, 1.82) is 0 Å². The molecule has 0 aromatic carbocycles. The number of unbranched alkanes of at least 4 members (excludes halogenated alkanes) is 14. The molecule has 2 unspecified atom stereocenters. The van der Waals surface area contributed by atoms with Gasteiger partial charge >= 0.3 is 5.97 Å². The largest absolute Gasteiger partial charge is 0.466 e. The average Bonchev–Trinajstić information content (AvgIpc) is 3.16. The van der Waals surface area contributed by atoms with E-state index in [0.29, 0.717) is 30.0 Å². The summed E-state index contributed by atoms with van der Waals surface area (Å²) in [6.45, 7) is 5.10. The second kappa shape index (κ2) is 22.0. The van der Waals surface area contributed by atoms with Crippen molar-refractivity contribution in [2.24, 2.45) is 5.92 Å². The summed E-state index contributed by atoms with van der Waals surface area (Å²) in [6, 6.07) is 0. The molecule has 194 valence electrons. The van der Waals surface area contributed by atoms with Gasteiger partial charge in [0.05, 0.1) is 6.61 Å². The number of hydrogen-bond donors (Lipinski definition) is 0. The molecule has 1 aliphatic rings. The van der Waals surface area contributed by atoms with Crippen LogP contribution in [0.4, 0.5) is 0 Å². The standard InChI is InChI=1S/C29H54O3S/c1-3-5-7-9-10-11-14-18-24-32-29(31)21-17-13-12-16-20-26-27(30)22-23-28(26)33-25-19-15-8-6-4-2/h26,28H,3-25H2,1-2H3. The molecular weight excluding hydrogens is 428 g/mol. The maximum atomic E-state index is 12.3. The number of carbonyl (C=O) groups excluding carboxylic acids is 2. The van der Waals surface area contributed by atoms with Crippen LogP contribution in [0.25, 0.3) is 0 Å². The van der Waals surface area contributed by atoms with E-state index in [-0.39, 0.29) is 5.97 Å². The highest BCUT2D eigenvalue weighted by Gasteiger charge is 2.33. The van der Waals surface area contributed by atoms with Crippen LogP contribution in [0, 0.1) is 5.92 Å². The Bertz CT molecular complexity index is 479. The highest BCUT2D eigenvalue weighted by atomic mass is 32.2. The normalized spacial score (nSPS) is 18.2. The average molecular weight is 483 g/mol. The molecule has 1 aliphatic carbocycles. The summed E-state index contributed by atoms with van der Waals surface area (Å²) >= 11 is 2.06. The molecular formula is C29H54O3S. The zero-order valence-electron chi connectivity index (χ0n) is 22.1. The van der Waals surface area contributed by atoms with E-state index in [4.69, 9.17) is 4.74 Å². The summed E-state index contributed by atoms with van der Waals surface area (Å²) < 4.78 is 5.39. The highest BCUT2D eigenvalue weighted by molar-refractivity contribution is 7.99. The molecule has 1 fully saturated rings. The molecule has 2 atom stereocenters. The lowest BCUT2D eigenvalue weighted by Gasteiger charge is -2.18. The maximum Gasteiger partial charge on any atom is 0.305 e. The minimum Gasteiger partial charge on any atom is -0.466 e. The Hall–Kier alpha value is -0.510. The zero-order valence-corrected chi connectivity index (χ0v) is 22.9. The third-order valence-corrected chi connectivity index (χ3v) is 8.54. The van der Waals surface area contributed by atoms with Gasteiger partial charge in [0, 0.05) is 24.0 Å². The van der Waals surface area contributed by atoms with Crippen molar-refractivity contribution in [1.82, 2.24) is 0 Å². The molecule has 0 amide bonds. The van der Waals surface area contributed by atoms with Gasteiger partial charge in [0.25, 0.3) is 0 Å². The number of carbonyl (C=O) groups is 2. The maximum absolute atomic E-state index is 12.3.